The molecule has 1 N–H and O–H groups in total. The molecular weight excluding hydrogens is 384 g/mol. The molecule has 3 heterocycles. The zero-order chi connectivity index (χ0) is 20.5. The number of amides is 2. The maximum absolute atomic E-state index is 13.1. The first kappa shape index (κ1) is 18.8. The molecule has 1 aliphatic rings. The molecule has 2 aromatic heterocycles. The Morgan fingerprint density at radius 1 is 1.03 bits per heavy atom. The predicted octanol–water partition coefficient (Wildman–Crippen LogP) is 3.32. The summed E-state index contributed by atoms with van der Waals surface area (Å²) in [5, 5.41) is 2.69. The van der Waals surface area contributed by atoms with Gasteiger partial charge in [0.25, 0.3) is 11.8 Å². The van der Waals surface area contributed by atoms with Crippen molar-refractivity contribution in [3.8, 4) is 5.69 Å². The molecule has 6 nitrogen and oxygen atoms in total. The van der Waals surface area contributed by atoms with Gasteiger partial charge < -0.3 is 4.57 Å². The first-order valence-corrected chi connectivity index (χ1v) is 9.44. The molecule has 0 bridgehead atoms. The summed E-state index contributed by atoms with van der Waals surface area (Å²) in [4.78, 5) is 31.2. The van der Waals surface area contributed by atoms with E-state index < -0.39 is 11.8 Å². The van der Waals surface area contributed by atoms with Gasteiger partial charge in [-0.05, 0) is 68.0 Å². The predicted molar refractivity (Wildman–Crippen MR) is 116 cm³/mol. The maximum atomic E-state index is 13.1. The molecule has 4 rings (SSSR count). The topological polar surface area (TPSA) is 67.2 Å². The summed E-state index contributed by atoms with van der Waals surface area (Å²) in [5.74, 6) is -0.950. The Balaban J connectivity index is 1.77. The summed E-state index contributed by atoms with van der Waals surface area (Å²) in [7, 11) is 0. The number of carbonyl (C=O) groups excluding carboxylic acids is 2. The fraction of sp³-hybridized carbons (Fsp3) is 0.0909. The average molecular weight is 402 g/mol. The van der Waals surface area contributed by atoms with Gasteiger partial charge >= 0.3 is 0 Å². The molecule has 1 saturated heterocycles. The Morgan fingerprint density at radius 3 is 2.45 bits per heavy atom. The van der Waals surface area contributed by atoms with Gasteiger partial charge in [-0.25, -0.2) is 0 Å². The van der Waals surface area contributed by atoms with E-state index in [9.17, 15) is 9.59 Å². The van der Waals surface area contributed by atoms with E-state index in [0.29, 0.717) is 5.69 Å². The standard InChI is InChI=1S/C22H18N4O2S/c1-14-11-16(15(2)25(14)18-9-6-10-23-13-18)12-19-20(27)24-22(29)26(21(19)28)17-7-4-3-5-8-17/h3-13H,1-2H3,(H,24,27,29). The smallest absolute Gasteiger partial charge is 0.270 e. The number of aryl methyl sites for hydroxylation is 1. The van der Waals surface area contributed by atoms with E-state index in [0.717, 1.165) is 22.6 Å². The highest BCUT2D eigenvalue weighted by atomic mass is 32.1. The molecule has 2 amide bonds. The second-order valence-corrected chi connectivity index (χ2v) is 7.05. The van der Waals surface area contributed by atoms with Gasteiger partial charge in [0.15, 0.2) is 5.11 Å². The highest BCUT2D eigenvalue weighted by molar-refractivity contribution is 7.80. The van der Waals surface area contributed by atoms with Crippen LogP contribution >= 0.6 is 12.2 Å². The Hall–Kier alpha value is -3.58. The number of pyridine rings is 1. The van der Waals surface area contributed by atoms with Crippen LogP contribution in [0, 0.1) is 13.8 Å². The normalized spacial score (nSPS) is 15.7. The number of hydrogen-bond donors (Lipinski definition) is 1. The van der Waals surface area contributed by atoms with Crippen LogP contribution in [-0.2, 0) is 9.59 Å². The summed E-state index contributed by atoms with van der Waals surface area (Å²) in [6.07, 6.45) is 5.10. The highest BCUT2D eigenvalue weighted by Crippen LogP contribution is 2.25. The van der Waals surface area contributed by atoms with Crippen LogP contribution in [-0.4, -0.2) is 26.5 Å². The zero-order valence-corrected chi connectivity index (χ0v) is 16.7. The Labute approximate surface area is 173 Å². The molecule has 29 heavy (non-hydrogen) atoms. The summed E-state index contributed by atoms with van der Waals surface area (Å²) in [6, 6.07) is 14.8. The quantitative estimate of drug-likeness (QED) is 0.415. The third-order valence-electron chi connectivity index (χ3n) is 4.79. The molecule has 7 heteroatoms. The second-order valence-electron chi connectivity index (χ2n) is 6.67. The monoisotopic (exact) mass is 402 g/mol. The summed E-state index contributed by atoms with van der Waals surface area (Å²) < 4.78 is 2.03. The first-order chi connectivity index (χ1) is 14.0. The van der Waals surface area contributed by atoms with Gasteiger partial charge in [0, 0.05) is 17.6 Å². The number of nitrogens with zero attached hydrogens (tertiary/aromatic N) is 3. The fourth-order valence-electron chi connectivity index (χ4n) is 3.44. The molecule has 144 valence electrons. The largest absolute Gasteiger partial charge is 0.316 e. The molecule has 3 aromatic rings. The average Bonchev–Trinajstić information content (AvgIpc) is 2.99. The van der Waals surface area contributed by atoms with Crippen LogP contribution in [0.4, 0.5) is 5.69 Å². The molecule has 0 spiro atoms. The molecule has 0 radical (unpaired) electrons. The second kappa shape index (κ2) is 7.44. The number of rotatable bonds is 3. The van der Waals surface area contributed by atoms with E-state index in [1.807, 2.05) is 54.8 Å². The summed E-state index contributed by atoms with van der Waals surface area (Å²) in [5.41, 5.74) is 4.22. The van der Waals surface area contributed by atoms with Crippen molar-refractivity contribution in [3.63, 3.8) is 0 Å². The van der Waals surface area contributed by atoms with Crippen LogP contribution in [0.2, 0.25) is 0 Å². The van der Waals surface area contributed by atoms with Crippen LogP contribution in [0.25, 0.3) is 11.8 Å². The van der Waals surface area contributed by atoms with Gasteiger partial charge in [0.1, 0.15) is 5.57 Å². The lowest BCUT2D eigenvalue weighted by Gasteiger charge is -2.28. The SMILES string of the molecule is Cc1cc(C=C2C(=O)NC(=S)N(c3ccccc3)C2=O)c(C)n1-c1cccnc1. The number of thiocarbonyl (C=S) groups is 1. The van der Waals surface area contributed by atoms with Gasteiger partial charge in [0.2, 0.25) is 0 Å². The van der Waals surface area contributed by atoms with E-state index >= 15 is 0 Å². The van der Waals surface area contributed by atoms with Gasteiger partial charge in [-0.1, -0.05) is 18.2 Å². The minimum absolute atomic E-state index is 0.0360. The van der Waals surface area contributed by atoms with Gasteiger partial charge in [0.05, 0.1) is 17.6 Å². The minimum atomic E-state index is -0.502. The molecule has 0 unspecified atom stereocenters. The van der Waals surface area contributed by atoms with Crippen LogP contribution in [0.3, 0.4) is 0 Å². The van der Waals surface area contributed by atoms with E-state index in [2.05, 4.69) is 10.3 Å². The highest BCUT2D eigenvalue weighted by Gasteiger charge is 2.34. The molecule has 1 aromatic carbocycles. The van der Waals surface area contributed by atoms with Crippen molar-refractivity contribution >= 4 is 40.9 Å². The number of carbonyl (C=O) groups is 2. The fourth-order valence-corrected chi connectivity index (χ4v) is 3.72. The number of benzene rings is 1. The van der Waals surface area contributed by atoms with Crippen molar-refractivity contribution in [3.05, 3.63) is 83.4 Å². The molecule has 0 aliphatic carbocycles. The maximum Gasteiger partial charge on any atom is 0.270 e. The number of anilines is 1. The Bertz CT molecular complexity index is 1150. The number of para-hydroxylation sites is 1. The summed E-state index contributed by atoms with van der Waals surface area (Å²) >= 11 is 5.23. The van der Waals surface area contributed by atoms with Crippen molar-refractivity contribution in [2.75, 3.05) is 4.90 Å². The van der Waals surface area contributed by atoms with Crippen molar-refractivity contribution in [1.29, 1.82) is 0 Å². The molecule has 1 fully saturated rings. The zero-order valence-electron chi connectivity index (χ0n) is 15.9. The third kappa shape index (κ3) is 3.36. The third-order valence-corrected chi connectivity index (χ3v) is 5.07. The molecule has 0 saturated carbocycles. The first-order valence-electron chi connectivity index (χ1n) is 9.03. The van der Waals surface area contributed by atoms with Crippen molar-refractivity contribution in [2.45, 2.75) is 13.8 Å². The van der Waals surface area contributed by atoms with Crippen LogP contribution < -0.4 is 10.2 Å². The van der Waals surface area contributed by atoms with Crippen molar-refractivity contribution in [1.82, 2.24) is 14.9 Å². The summed E-state index contributed by atoms with van der Waals surface area (Å²) in [6.45, 7) is 3.91. The van der Waals surface area contributed by atoms with Crippen LogP contribution in [0.5, 0.6) is 0 Å². The Kier molecular flexibility index (Phi) is 4.82. The molecular formula is C22H18N4O2S. The van der Waals surface area contributed by atoms with Crippen LogP contribution in [0.1, 0.15) is 17.0 Å². The van der Waals surface area contributed by atoms with Gasteiger partial charge in [-0.2, -0.15) is 0 Å². The van der Waals surface area contributed by atoms with Gasteiger partial charge in [-0.15, -0.1) is 0 Å². The number of aromatic nitrogens is 2. The van der Waals surface area contributed by atoms with Gasteiger partial charge in [-0.3, -0.25) is 24.8 Å². The lowest BCUT2D eigenvalue weighted by molar-refractivity contribution is -0.122. The van der Waals surface area contributed by atoms with E-state index in [-0.39, 0.29) is 10.7 Å². The van der Waals surface area contributed by atoms with Crippen molar-refractivity contribution < 1.29 is 9.59 Å². The Morgan fingerprint density at radius 2 is 1.76 bits per heavy atom. The molecule has 0 atom stereocenters. The molecule has 1 aliphatic heterocycles. The lowest BCUT2D eigenvalue weighted by Crippen LogP contribution is -2.54. The van der Waals surface area contributed by atoms with E-state index in [1.165, 1.54) is 4.90 Å². The number of nitrogens with one attached hydrogen (secondary N) is 1. The van der Waals surface area contributed by atoms with Crippen LogP contribution in [0.15, 0.2) is 66.5 Å². The number of hydrogen-bond acceptors (Lipinski definition) is 4. The minimum Gasteiger partial charge on any atom is -0.316 e. The lowest BCUT2D eigenvalue weighted by atomic mass is 10.1. The van der Waals surface area contributed by atoms with E-state index in [4.69, 9.17) is 12.2 Å². The van der Waals surface area contributed by atoms with Crippen molar-refractivity contribution in [2.24, 2.45) is 0 Å². The van der Waals surface area contributed by atoms with E-state index in [1.54, 1.807) is 30.6 Å².